The Morgan fingerprint density at radius 2 is 1.44 bits per heavy atom. The van der Waals surface area contributed by atoms with E-state index in [9.17, 15) is 0 Å². The summed E-state index contributed by atoms with van der Waals surface area (Å²) < 4.78 is 12.9. The molecule has 0 unspecified atom stereocenters. The molecule has 2 heterocycles. The van der Waals surface area contributed by atoms with Crippen LogP contribution in [0.1, 0.15) is 49.5 Å². The molecule has 2 aromatic carbocycles. The number of fused-ring (bicyclic) bond motifs is 1. The Balaban J connectivity index is 1.99. The van der Waals surface area contributed by atoms with E-state index in [1.807, 2.05) is 38.1 Å². The Bertz CT molecular complexity index is 1230. The molecule has 2 N–H and O–H groups in total. The highest BCUT2D eigenvalue weighted by Gasteiger charge is 2.27. The lowest BCUT2D eigenvalue weighted by atomic mass is 9.97. The summed E-state index contributed by atoms with van der Waals surface area (Å²) in [6.07, 6.45) is 1.24. The molecule has 0 radical (unpaired) electrons. The third-order valence-corrected chi connectivity index (χ3v) is 5.89. The summed E-state index contributed by atoms with van der Waals surface area (Å²) in [6, 6.07) is 15.9. The molecular weight excluding hydrogens is 450 g/mol. The number of aromatic nitrogens is 4. The summed E-state index contributed by atoms with van der Waals surface area (Å²) >= 11 is 6.42. The normalized spacial score (nSPS) is 11.9. The van der Waals surface area contributed by atoms with Crippen molar-refractivity contribution in [3.63, 3.8) is 0 Å². The fraction of sp³-hybridized carbons (Fsp3) is 0.346. The van der Waals surface area contributed by atoms with Crippen molar-refractivity contribution in [2.45, 2.75) is 45.2 Å². The van der Waals surface area contributed by atoms with Gasteiger partial charge in [0.05, 0.1) is 26.0 Å². The first-order valence-electron chi connectivity index (χ1n) is 11.2. The second kappa shape index (κ2) is 9.60. The third-order valence-electron chi connectivity index (χ3n) is 5.72. The molecule has 4 rings (SSSR count). The number of benzene rings is 2. The molecule has 0 spiro atoms. The van der Waals surface area contributed by atoms with Gasteiger partial charge in [0, 0.05) is 18.4 Å². The number of aryl methyl sites for hydroxylation is 1. The first-order chi connectivity index (χ1) is 16.2. The highest BCUT2D eigenvalue weighted by Crippen LogP contribution is 2.34. The van der Waals surface area contributed by atoms with Gasteiger partial charge in [-0.05, 0) is 60.8 Å². The maximum Gasteiger partial charge on any atom is 0.224 e. The lowest BCUT2D eigenvalue weighted by Crippen LogP contribution is -2.34. The average Bonchev–Trinajstić information content (AvgIpc) is 3.17. The van der Waals surface area contributed by atoms with Crippen molar-refractivity contribution in [1.29, 1.82) is 0 Å². The van der Waals surface area contributed by atoms with E-state index >= 15 is 0 Å². The quantitative estimate of drug-likeness (QED) is 0.359. The van der Waals surface area contributed by atoms with Crippen LogP contribution < -0.4 is 15.2 Å². The Hall–Kier alpha value is -3.16. The van der Waals surface area contributed by atoms with Crippen LogP contribution in [0.25, 0.3) is 11.2 Å². The van der Waals surface area contributed by atoms with Crippen molar-refractivity contribution in [3.8, 4) is 11.5 Å². The van der Waals surface area contributed by atoms with Crippen molar-refractivity contribution in [1.82, 2.24) is 19.5 Å². The number of methoxy groups -OCH3 is 2. The molecule has 0 fully saturated rings. The topological polar surface area (TPSA) is 88.1 Å². The molecule has 0 aliphatic rings. The van der Waals surface area contributed by atoms with Gasteiger partial charge in [-0.15, -0.1) is 0 Å². The van der Waals surface area contributed by atoms with Crippen LogP contribution in [0.15, 0.2) is 48.5 Å². The van der Waals surface area contributed by atoms with Gasteiger partial charge in [-0.25, -0.2) is 9.97 Å². The molecule has 0 saturated carbocycles. The minimum atomic E-state index is -0.466. The Labute approximate surface area is 204 Å². The number of rotatable bonds is 8. The summed E-state index contributed by atoms with van der Waals surface area (Å²) in [7, 11) is 3.32. The van der Waals surface area contributed by atoms with Crippen molar-refractivity contribution >= 4 is 22.8 Å². The zero-order valence-corrected chi connectivity index (χ0v) is 20.9. The van der Waals surface area contributed by atoms with Crippen LogP contribution in [0.5, 0.6) is 11.5 Å². The molecule has 34 heavy (non-hydrogen) atoms. The number of hydrogen-bond acceptors (Lipinski definition) is 6. The Morgan fingerprint density at radius 3 is 1.88 bits per heavy atom. The minimum Gasteiger partial charge on any atom is -0.497 e. The lowest BCUT2D eigenvalue weighted by molar-refractivity contribution is 0.414. The molecule has 7 nitrogen and oxygen atoms in total. The Kier molecular flexibility index (Phi) is 6.77. The minimum absolute atomic E-state index is 0.179. The van der Waals surface area contributed by atoms with Gasteiger partial charge in [-0.3, -0.25) is 0 Å². The maximum atomic E-state index is 6.42. The zero-order valence-electron chi connectivity index (χ0n) is 20.2. The predicted octanol–water partition coefficient (Wildman–Crippen LogP) is 4.98. The van der Waals surface area contributed by atoms with Gasteiger partial charge in [0.2, 0.25) is 5.28 Å². The number of nitrogens with two attached hydrogens (primary N) is 1. The summed E-state index contributed by atoms with van der Waals surface area (Å²) in [4.78, 5) is 14.1. The van der Waals surface area contributed by atoms with E-state index in [0.717, 1.165) is 39.7 Å². The first-order valence-corrected chi connectivity index (χ1v) is 11.6. The van der Waals surface area contributed by atoms with Crippen LogP contribution in [0.4, 0.5) is 0 Å². The SMILES string of the molecule is CCc1nc2c(CC(C)(C)N)nc(Cl)nc2n1C(c1ccc(OC)cc1)c1ccc(OC)cc1. The van der Waals surface area contributed by atoms with E-state index in [-0.39, 0.29) is 11.3 Å². The van der Waals surface area contributed by atoms with Crippen LogP contribution in [0.3, 0.4) is 0 Å². The van der Waals surface area contributed by atoms with Crippen molar-refractivity contribution in [2.75, 3.05) is 14.2 Å². The van der Waals surface area contributed by atoms with Crippen molar-refractivity contribution in [3.05, 3.63) is 76.5 Å². The molecule has 0 amide bonds. The van der Waals surface area contributed by atoms with E-state index < -0.39 is 5.54 Å². The highest BCUT2D eigenvalue weighted by atomic mass is 35.5. The third kappa shape index (κ3) is 4.86. The van der Waals surface area contributed by atoms with Gasteiger partial charge in [-0.2, -0.15) is 4.98 Å². The molecule has 0 bridgehead atoms. The number of halogens is 1. The molecule has 0 atom stereocenters. The first kappa shape index (κ1) is 24.0. The summed E-state index contributed by atoms with van der Waals surface area (Å²) in [5, 5.41) is 0.179. The average molecular weight is 480 g/mol. The predicted molar refractivity (Wildman–Crippen MR) is 135 cm³/mol. The van der Waals surface area contributed by atoms with Gasteiger partial charge in [0.25, 0.3) is 0 Å². The molecule has 8 heteroatoms. The van der Waals surface area contributed by atoms with Gasteiger partial charge in [-0.1, -0.05) is 31.2 Å². The van der Waals surface area contributed by atoms with Crippen LogP contribution in [0, 0.1) is 0 Å². The Morgan fingerprint density at radius 1 is 0.912 bits per heavy atom. The zero-order chi connectivity index (χ0) is 24.5. The standard InChI is InChI=1S/C26H30ClN5O2/c1-6-21-30-22-20(15-26(2,3)28)29-25(27)31-24(22)32(21)23(16-7-11-18(33-4)12-8-16)17-9-13-19(34-5)14-10-17/h7-14,23H,6,15,28H2,1-5H3. The van der Waals surface area contributed by atoms with E-state index in [1.165, 1.54) is 0 Å². The molecular formula is C26H30ClN5O2. The molecule has 2 aromatic heterocycles. The largest absolute Gasteiger partial charge is 0.497 e. The second-order valence-corrected chi connectivity index (χ2v) is 9.32. The monoisotopic (exact) mass is 479 g/mol. The molecule has 178 valence electrons. The lowest BCUT2D eigenvalue weighted by Gasteiger charge is -2.23. The van der Waals surface area contributed by atoms with E-state index in [1.54, 1.807) is 14.2 Å². The van der Waals surface area contributed by atoms with Crippen molar-refractivity contribution in [2.24, 2.45) is 5.73 Å². The smallest absolute Gasteiger partial charge is 0.224 e. The molecule has 0 saturated heterocycles. The van der Waals surface area contributed by atoms with E-state index in [0.29, 0.717) is 18.5 Å². The summed E-state index contributed by atoms with van der Waals surface area (Å²) in [5.41, 5.74) is 10.2. The van der Waals surface area contributed by atoms with Gasteiger partial charge in [0.1, 0.15) is 22.8 Å². The molecule has 4 aromatic rings. The fourth-order valence-corrected chi connectivity index (χ4v) is 4.37. The summed E-state index contributed by atoms with van der Waals surface area (Å²) in [5.74, 6) is 2.47. The number of ether oxygens (including phenoxy) is 2. The maximum absolute atomic E-state index is 6.42. The van der Waals surface area contributed by atoms with Crippen LogP contribution in [0.2, 0.25) is 5.28 Å². The number of hydrogen-bond donors (Lipinski definition) is 1. The summed E-state index contributed by atoms with van der Waals surface area (Å²) in [6.45, 7) is 6.01. The second-order valence-electron chi connectivity index (χ2n) is 8.98. The van der Waals surface area contributed by atoms with E-state index in [2.05, 4.69) is 45.7 Å². The van der Waals surface area contributed by atoms with Crippen molar-refractivity contribution < 1.29 is 9.47 Å². The van der Waals surface area contributed by atoms with Gasteiger partial charge in [0.15, 0.2) is 5.65 Å². The number of nitrogens with zero attached hydrogens (tertiary/aromatic N) is 4. The van der Waals surface area contributed by atoms with Gasteiger partial charge < -0.3 is 19.8 Å². The molecule has 0 aliphatic heterocycles. The number of imidazole rings is 1. The van der Waals surface area contributed by atoms with Crippen LogP contribution in [-0.4, -0.2) is 39.3 Å². The highest BCUT2D eigenvalue weighted by molar-refractivity contribution is 6.28. The van der Waals surface area contributed by atoms with Gasteiger partial charge >= 0.3 is 0 Å². The fourth-order valence-electron chi connectivity index (χ4n) is 4.18. The van der Waals surface area contributed by atoms with Crippen LogP contribution >= 0.6 is 11.6 Å². The van der Waals surface area contributed by atoms with E-state index in [4.69, 9.17) is 31.8 Å². The van der Waals surface area contributed by atoms with Crippen LogP contribution in [-0.2, 0) is 12.8 Å². The molecule has 0 aliphatic carbocycles.